The molecule has 2 heterocycles. The highest BCUT2D eigenvalue weighted by atomic mass is 19.1. The molecule has 1 aromatic carbocycles. The van der Waals surface area contributed by atoms with Gasteiger partial charge in [-0.3, -0.25) is 14.3 Å². The maximum Gasteiger partial charge on any atom is 0.330 e. The van der Waals surface area contributed by atoms with Crippen molar-refractivity contribution in [2.24, 2.45) is 0 Å². The largest absolute Gasteiger partial charge is 0.381 e. The van der Waals surface area contributed by atoms with Crippen LogP contribution in [0.1, 0.15) is 37.4 Å². The zero-order chi connectivity index (χ0) is 17.1. The summed E-state index contributed by atoms with van der Waals surface area (Å²) in [6, 6.07) is 7.16. The molecule has 0 spiro atoms. The van der Waals surface area contributed by atoms with Gasteiger partial charge in [0.25, 0.3) is 5.56 Å². The minimum atomic E-state index is -0.441. The molecule has 0 aliphatic carbocycles. The molecule has 0 unspecified atom stereocenters. The average Bonchev–Trinajstić information content (AvgIpc) is 2.55. The summed E-state index contributed by atoms with van der Waals surface area (Å²) in [7, 11) is 0. The SMILES string of the molecule is C[C@H](Nc1cc(=O)n(C2CCOCC2)c(=O)[nH]1)c1cccc(F)c1. The Hall–Kier alpha value is -2.41. The van der Waals surface area contributed by atoms with Crippen LogP contribution in [0.2, 0.25) is 0 Å². The number of aromatic amines is 1. The summed E-state index contributed by atoms with van der Waals surface area (Å²) < 4.78 is 19.8. The van der Waals surface area contributed by atoms with Crippen molar-refractivity contribution in [1.29, 1.82) is 0 Å². The van der Waals surface area contributed by atoms with Crippen LogP contribution >= 0.6 is 0 Å². The summed E-state index contributed by atoms with van der Waals surface area (Å²) in [6.45, 7) is 2.93. The van der Waals surface area contributed by atoms with Crippen molar-refractivity contribution in [1.82, 2.24) is 9.55 Å². The van der Waals surface area contributed by atoms with E-state index in [2.05, 4.69) is 10.3 Å². The normalized spacial score (nSPS) is 16.8. The Labute approximate surface area is 138 Å². The Kier molecular flexibility index (Phi) is 4.80. The van der Waals surface area contributed by atoms with Crippen LogP contribution in [-0.4, -0.2) is 22.8 Å². The summed E-state index contributed by atoms with van der Waals surface area (Å²) in [5, 5.41) is 3.04. The molecular weight excluding hydrogens is 313 g/mol. The molecule has 3 rings (SSSR count). The molecule has 6 nitrogen and oxygen atoms in total. The van der Waals surface area contributed by atoms with Gasteiger partial charge in [-0.15, -0.1) is 0 Å². The highest BCUT2D eigenvalue weighted by molar-refractivity contribution is 5.36. The first-order valence-electron chi connectivity index (χ1n) is 8.00. The van der Waals surface area contributed by atoms with Gasteiger partial charge in [-0.1, -0.05) is 12.1 Å². The highest BCUT2D eigenvalue weighted by Gasteiger charge is 2.19. The molecule has 0 radical (unpaired) electrons. The fraction of sp³-hybridized carbons (Fsp3) is 0.412. The van der Waals surface area contributed by atoms with Gasteiger partial charge in [0.15, 0.2) is 0 Å². The third-order valence-electron chi connectivity index (χ3n) is 4.24. The molecule has 24 heavy (non-hydrogen) atoms. The quantitative estimate of drug-likeness (QED) is 0.899. The summed E-state index contributed by atoms with van der Waals surface area (Å²) in [6.07, 6.45) is 1.30. The number of hydrogen-bond acceptors (Lipinski definition) is 4. The summed E-state index contributed by atoms with van der Waals surface area (Å²) in [4.78, 5) is 27.3. The van der Waals surface area contributed by atoms with Crippen molar-refractivity contribution >= 4 is 5.82 Å². The monoisotopic (exact) mass is 333 g/mol. The Bertz CT molecular complexity index is 793. The van der Waals surface area contributed by atoms with E-state index in [0.717, 1.165) is 5.56 Å². The minimum absolute atomic E-state index is 0.135. The van der Waals surface area contributed by atoms with Crippen LogP contribution in [0, 0.1) is 5.82 Å². The lowest BCUT2D eigenvalue weighted by Gasteiger charge is -2.23. The van der Waals surface area contributed by atoms with Gasteiger partial charge in [-0.2, -0.15) is 0 Å². The molecular formula is C17H20FN3O3. The summed E-state index contributed by atoms with van der Waals surface area (Å²) in [5.74, 6) is -0.00495. The minimum Gasteiger partial charge on any atom is -0.381 e. The van der Waals surface area contributed by atoms with E-state index in [-0.39, 0.29) is 23.5 Å². The topological polar surface area (TPSA) is 76.1 Å². The molecule has 2 aromatic rings. The van der Waals surface area contributed by atoms with Gasteiger partial charge in [-0.05, 0) is 37.5 Å². The van der Waals surface area contributed by atoms with Crippen molar-refractivity contribution < 1.29 is 9.13 Å². The number of nitrogens with one attached hydrogen (secondary N) is 2. The third kappa shape index (κ3) is 3.56. The molecule has 2 N–H and O–H groups in total. The molecule has 0 bridgehead atoms. The fourth-order valence-electron chi connectivity index (χ4n) is 2.96. The molecule has 128 valence electrons. The van der Waals surface area contributed by atoms with E-state index in [0.29, 0.717) is 31.9 Å². The third-order valence-corrected chi connectivity index (χ3v) is 4.24. The number of anilines is 1. The van der Waals surface area contributed by atoms with Crippen LogP contribution in [0.3, 0.4) is 0 Å². The molecule has 0 amide bonds. The van der Waals surface area contributed by atoms with Gasteiger partial charge in [0.2, 0.25) is 0 Å². The molecule has 1 aromatic heterocycles. The van der Waals surface area contributed by atoms with Gasteiger partial charge in [0.1, 0.15) is 11.6 Å². The zero-order valence-electron chi connectivity index (χ0n) is 13.4. The van der Waals surface area contributed by atoms with Crippen LogP contribution in [0.15, 0.2) is 39.9 Å². The Morgan fingerprint density at radius 3 is 2.71 bits per heavy atom. The zero-order valence-corrected chi connectivity index (χ0v) is 13.4. The second kappa shape index (κ2) is 7.00. The number of ether oxygens (including phenoxy) is 1. The van der Waals surface area contributed by atoms with Gasteiger partial charge in [0, 0.05) is 31.4 Å². The second-order valence-electron chi connectivity index (χ2n) is 5.96. The lowest BCUT2D eigenvalue weighted by molar-refractivity contribution is 0.0674. The van der Waals surface area contributed by atoms with E-state index >= 15 is 0 Å². The van der Waals surface area contributed by atoms with Crippen molar-refractivity contribution in [3.63, 3.8) is 0 Å². The predicted molar refractivity (Wildman–Crippen MR) is 88.9 cm³/mol. The smallest absolute Gasteiger partial charge is 0.330 e. The molecule has 0 saturated carbocycles. The second-order valence-corrected chi connectivity index (χ2v) is 5.96. The molecule has 7 heteroatoms. The average molecular weight is 333 g/mol. The van der Waals surface area contributed by atoms with E-state index in [1.165, 1.54) is 22.8 Å². The molecule has 1 aliphatic heterocycles. The van der Waals surface area contributed by atoms with E-state index in [4.69, 9.17) is 4.74 Å². The number of H-pyrrole nitrogens is 1. The summed E-state index contributed by atoms with van der Waals surface area (Å²) in [5.41, 5.74) is -0.0626. The molecule has 1 aliphatic rings. The van der Waals surface area contributed by atoms with Gasteiger partial charge in [-0.25, -0.2) is 9.18 Å². The first-order chi connectivity index (χ1) is 11.5. The van der Waals surface area contributed by atoms with E-state index < -0.39 is 5.69 Å². The Morgan fingerprint density at radius 2 is 2.04 bits per heavy atom. The van der Waals surface area contributed by atoms with Crippen LogP contribution < -0.4 is 16.6 Å². The number of hydrogen-bond donors (Lipinski definition) is 2. The van der Waals surface area contributed by atoms with E-state index in [1.807, 2.05) is 6.92 Å². The number of halogens is 1. The maximum atomic E-state index is 13.3. The predicted octanol–water partition coefficient (Wildman–Crippen LogP) is 2.20. The lowest BCUT2D eigenvalue weighted by atomic mass is 10.1. The van der Waals surface area contributed by atoms with Crippen molar-refractivity contribution in [3.8, 4) is 0 Å². The van der Waals surface area contributed by atoms with Gasteiger partial charge < -0.3 is 10.1 Å². The number of benzene rings is 1. The summed E-state index contributed by atoms with van der Waals surface area (Å²) >= 11 is 0. The molecule has 1 atom stereocenters. The van der Waals surface area contributed by atoms with Crippen LogP contribution in [0.5, 0.6) is 0 Å². The number of rotatable bonds is 4. The van der Waals surface area contributed by atoms with E-state index in [1.54, 1.807) is 12.1 Å². The molecule has 1 saturated heterocycles. The Balaban J connectivity index is 1.82. The van der Waals surface area contributed by atoms with Crippen LogP contribution in [-0.2, 0) is 4.74 Å². The van der Waals surface area contributed by atoms with Crippen molar-refractivity contribution in [3.05, 3.63) is 62.6 Å². The highest BCUT2D eigenvalue weighted by Crippen LogP contribution is 2.19. The van der Waals surface area contributed by atoms with Crippen molar-refractivity contribution in [2.45, 2.75) is 31.8 Å². The van der Waals surface area contributed by atoms with Crippen LogP contribution in [0.25, 0.3) is 0 Å². The first kappa shape index (κ1) is 16.4. The van der Waals surface area contributed by atoms with Crippen molar-refractivity contribution in [2.75, 3.05) is 18.5 Å². The first-order valence-corrected chi connectivity index (χ1v) is 8.00. The van der Waals surface area contributed by atoms with E-state index in [9.17, 15) is 14.0 Å². The fourth-order valence-corrected chi connectivity index (χ4v) is 2.96. The van der Waals surface area contributed by atoms with Gasteiger partial charge >= 0.3 is 5.69 Å². The van der Waals surface area contributed by atoms with Crippen LogP contribution in [0.4, 0.5) is 10.2 Å². The number of nitrogens with zero attached hydrogens (tertiary/aromatic N) is 1. The standard InChI is InChI=1S/C17H20FN3O3/c1-11(12-3-2-4-13(18)9-12)19-15-10-16(22)21(17(23)20-15)14-5-7-24-8-6-14/h2-4,9-11,14,19H,5-8H2,1H3,(H,20,23)/t11-/m0/s1. The maximum absolute atomic E-state index is 13.3. The molecule has 1 fully saturated rings. The Morgan fingerprint density at radius 1 is 1.29 bits per heavy atom. The lowest BCUT2D eigenvalue weighted by Crippen LogP contribution is -2.40. The number of aromatic nitrogens is 2. The van der Waals surface area contributed by atoms with Gasteiger partial charge in [0.05, 0.1) is 0 Å².